The number of halogens is 3. The van der Waals surface area contributed by atoms with E-state index < -0.39 is 11.9 Å². The Hall–Kier alpha value is -1.97. The summed E-state index contributed by atoms with van der Waals surface area (Å²) in [6, 6.07) is 1.55. The van der Waals surface area contributed by atoms with E-state index >= 15 is 0 Å². The summed E-state index contributed by atoms with van der Waals surface area (Å²) in [5.74, 6) is 0.388. The van der Waals surface area contributed by atoms with Gasteiger partial charge in [0.25, 0.3) is 0 Å². The van der Waals surface area contributed by atoms with Gasteiger partial charge in [0, 0.05) is 31.2 Å². The first kappa shape index (κ1) is 16.5. The van der Waals surface area contributed by atoms with Gasteiger partial charge in [0.05, 0.1) is 0 Å². The van der Waals surface area contributed by atoms with E-state index in [0.717, 1.165) is 56.3 Å². The molecule has 0 aromatic carbocycles. The molecule has 2 fully saturated rings. The summed E-state index contributed by atoms with van der Waals surface area (Å²) in [4.78, 5) is 11.8. The fourth-order valence-corrected chi connectivity index (χ4v) is 3.92. The van der Waals surface area contributed by atoms with E-state index in [4.69, 9.17) is 0 Å². The molecule has 0 atom stereocenters. The molecule has 0 radical (unpaired) electrons. The summed E-state index contributed by atoms with van der Waals surface area (Å²) in [7, 11) is 0. The van der Waals surface area contributed by atoms with Crippen molar-refractivity contribution in [3.8, 4) is 0 Å². The lowest BCUT2D eigenvalue weighted by Gasteiger charge is -2.39. The second-order valence-corrected chi connectivity index (χ2v) is 7.15. The number of nitrogens with zero attached hydrogens (tertiary/aromatic N) is 6. The Kier molecular flexibility index (Phi) is 4.22. The molecule has 2 aromatic heterocycles. The van der Waals surface area contributed by atoms with Gasteiger partial charge in [-0.05, 0) is 25.7 Å². The highest BCUT2D eigenvalue weighted by atomic mass is 32.1. The second-order valence-electron chi connectivity index (χ2n) is 6.34. The summed E-state index contributed by atoms with van der Waals surface area (Å²) < 4.78 is 38.9. The summed E-state index contributed by atoms with van der Waals surface area (Å²) in [6.45, 7) is 1.64. The Bertz CT molecular complexity index is 710. The van der Waals surface area contributed by atoms with Crippen molar-refractivity contribution in [3.63, 3.8) is 0 Å². The summed E-state index contributed by atoms with van der Waals surface area (Å²) in [5.41, 5.74) is 0.826. The first-order valence-corrected chi connectivity index (χ1v) is 9.09. The van der Waals surface area contributed by atoms with Crippen LogP contribution in [0.3, 0.4) is 0 Å². The van der Waals surface area contributed by atoms with E-state index in [9.17, 15) is 13.2 Å². The molecule has 0 bridgehead atoms. The van der Waals surface area contributed by atoms with E-state index in [1.54, 1.807) is 5.51 Å². The van der Waals surface area contributed by atoms with Crippen LogP contribution >= 0.6 is 11.3 Å². The Morgan fingerprint density at radius 2 is 1.80 bits per heavy atom. The van der Waals surface area contributed by atoms with Crippen LogP contribution in [0.4, 0.5) is 24.1 Å². The van der Waals surface area contributed by atoms with Crippen molar-refractivity contribution in [2.75, 3.05) is 22.9 Å². The van der Waals surface area contributed by atoms with Gasteiger partial charge in [-0.25, -0.2) is 9.97 Å². The van der Waals surface area contributed by atoms with Gasteiger partial charge in [0.1, 0.15) is 23.3 Å². The minimum Gasteiger partial charge on any atom is -0.350 e. The number of rotatable bonds is 4. The number of hydrogen-bond donors (Lipinski definition) is 0. The van der Waals surface area contributed by atoms with Crippen molar-refractivity contribution in [1.29, 1.82) is 0 Å². The Morgan fingerprint density at radius 1 is 1.08 bits per heavy atom. The molecule has 0 N–H and O–H groups in total. The highest BCUT2D eigenvalue weighted by Crippen LogP contribution is 2.37. The van der Waals surface area contributed by atoms with E-state index in [1.807, 2.05) is 0 Å². The average molecular weight is 370 g/mol. The van der Waals surface area contributed by atoms with Gasteiger partial charge in [-0.2, -0.15) is 13.2 Å². The van der Waals surface area contributed by atoms with Crippen LogP contribution in [-0.4, -0.2) is 45.3 Å². The van der Waals surface area contributed by atoms with Gasteiger partial charge in [-0.3, -0.25) is 0 Å². The van der Waals surface area contributed by atoms with Gasteiger partial charge >= 0.3 is 6.18 Å². The van der Waals surface area contributed by atoms with Crippen molar-refractivity contribution in [1.82, 2.24) is 20.2 Å². The first-order chi connectivity index (χ1) is 12.0. The summed E-state index contributed by atoms with van der Waals surface area (Å²) in [6.07, 6.45) is 0.296. The smallest absolute Gasteiger partial charge is 0.350 e. The van der Waals surface area contributed by atoms with Crippen molar-refractivity contribution in [2.45, 2.75) is 43.9 Å². The average Bonchev–Trinajstić information content (AvgIpc) is 3.27. The minimum absolute atomic E-state index is 0.188. The maximum absolute atomic E-state index is 13.0. The second kappa shape index (κ2) is 6.40. The highest BCUT2D eigenvalue weighted by Gasteiger charge is 2.39. The molecule has 2 aliphatic rings. The first-order valence-electron chi connectivity index (χ1n) is 8.21. The zero-order valence-corrected chi connectivity index (χ0v) is 14.2. The van der Waals surface area contributed by atoms with Crippen LogP contribution in [0.1, 0.15) is 31.4 Å². The number of piperidine rings is 1. The molecule has 4 rings (SSSR count). The third-order valence-electron chi connectivity index (χ3n) is 4.62. The number of anilines is 2. The van der Waals surface area contributed by atoms with Crippen molar-refractivity contribution >= 4 is 22.3 Å². The SMILES string of the molecule is FC(F)(F)c1cc(N(C2CC2)C2CCN(c3nncs3)CC2)ncn1. The van der Waals surface area contributed by atoms with E-state index in [0.29, 0.717) is 5.82 Å². The molecule has 1 aliphatic carbocycles. The molecular weight excluding hydrogens is 353 g/mol. The Labute approximate surface area is 146 Å². The molecule has 10 heteroatoms. The zero-order valence-electron chi connectivity index (χ0n) is 13.4. The van der Waals surface area contributed by atoms with Crippen LogP contribution < -0.4 is 9.80 Å². The molecule has 0 amide bonds. The predicted molar refractivity (Wildman–Crippen MR) is 87.7 cm³/mol. The van der Waals surface area contributed by atoms with Crippen LogP contribution in [0.2, 0.25) is 0 Å². The highest BCUT2D eigenvalue weighted by molar-refractivity contribution is 7.13. The van der Waals surface area contributed by atoms with Crippen molar-refractivity contribution in [2.24, 2.45) is 0 Å². The monoisotopic (exact) mass is 370 g/mol. The maximum atomic E-state index is 13.0. The largest absolute Gasteiger partial charge is 0.433 e. The fourth-order valence-electron chi connectivity index (χ4n) is 3.31. The third kappa shape index (κ3) is 3.53. The predicted octanol–water partition coefficient (Wildman–Crippen LogP) is 2.98. The summed E-state index contributed by atoms with van der Waals surface area (Å²) in [5, 5.41) is 8.85. The molecule has 0 spiro atoms. The van der Waals surface area contributed by atoms with E-state index in [1.165, 1.54) is 11.3 Å². The van der Waals surface area contributed by atoms with Crippen LogP contribution in [0.5, 0.6) is 0 Å². The molecule has 25 heavy (non-hydrogen) atoms. The van der Waals surface area contributed by atoms with Crippen molar-refractivity contribution in [3.05, 3.63) is 23.6 Å². The molecule has 1 aliphatic heterocycles. The third-order valence-corrected chi connectivity index (χ3v) is 5.38. The topological polar surface area (TPSA) is 58.0 Å². The number of hydrogen-bond acceptors (Lipinski definition) is 7. The standard InChI is InChI=1S/C15H17F3N6S/c16-15(17,18)12-7-13(20-8-19-12)24(10-1-2-10)11-3-5-23(6-4-11)14-22-21-9-25-14/h7-11H,1-6H2. The van der Waals surface area contributed by atoms with Crippen LogP contribution in [0.25, 0.3) is 0 Å². The Balaban J connectivity index is 1.51. The van der Waals surface area contributed by atoms with E-state index in [2.05, 4.69) is 30.0 Å². The fraction of sp³-hybridized carbons (Fsp3) is 0.600. The maximum Gasteiger partial charge on any atom is 0.433 e. The minimum atomic E-state index is -4.45. The van der Waals surface area contributed by atoms with Gasteiger partial charge < -0.3 is 9.80 Å². The zero-order chi connectivity index (χ0) is 17.4. The lowest BCUT2D eigenvalue weighted by Crippen LogP contribution is -2.46. The van der Waals surface area contributed by atoms with Gasteiger partial charge in [-0.15, -0.1) is 10.2 Å². The molecule has 134 valence electrons. The van der Waals surface area contributed by atoms with Gasteiger partial charge in [0.15, 0.2) is 0 Å². The van der Waals surface area contributed by atoms with E-state index in [-0.39, 0.29) is 12.1 Å². The molecule has 3 heterocycles. The lowest BCUT2D eigenvalue weighted by atomic mass is 10.0. The lowest BCUT2D eigenvalue weighted by molar-refractivity contribution is -0.141. The van der Waals surface area contributed by atoms with Gasteiger partial charge in [0.2, 0.25) is 5.13 Å². The Morgan fingerprint density at radius 3 is 2.40 bits per heavy atom. The molecule has 1 saturated heterocycles. The molecule has 6 nitrogen and oxygen atoms in total. The molecule has 0 unspecified atom stereocenters. The molecular formula is C15H17F3N6S. The van der Waals surface area contributed by atoms with Crippen LogP contribution in [0, 0.1) is 0 Å². The van der Waals surface area contributed by atoms with Crippen LogP contribution in [0.15, 0.2) is 17.9 Å². The summed E-state index contributed by atoms with van der Waals surface area (Å²) >= 11 is 1.50. The quantitative estimate of drug-likeness (QED) is 0.825. The number of alkyl halides is 3. The normalized spacial score (nSPS) is 19.2. The number of aromatic nitrogens is 4. The van der Waals surface area contributed by atoms with Crippen LogP contribution in [-0.2, 0) is 6.18 Å². The molecule has 2 aromatic rings. The van der Waals surface area contributed by atoms with Crippen molar-refractivity contribution < 1.29 is 13.2 Å². The molecule has 1 saturated carbocycles. The van der Waals surface area contributed by atoms with Gasteiger partial charge in [-0.1, -0.05) is 11.3 Å².